The Morgan fingerprint density at radius 2 is 1.60 bits per heavy atom. The smallest absolute Gasteiger partial charge is 0.350 e. The van der Waals surface area contributed by atoms with Crippen molar-refractivity contribution in [3.05, 3.63) is 90.2 Å². The van der Waals surface area contributed by atoms with Gasteiger partial charge in [0.05, 0.1) is 6.61 Å². The number of carbonyl (C=O) groups is 2. The maximum Gasteiger partial charge on any atom is 0.350 e. The Morgan fingerprint density at radius 3 is 2.20 bits per heavy atom. The summed E-state index contributed by atoms with van der Waals surface area (Å²) in [5.74, 6) is -0.489. The summed E-state index contributed by atoms with van der Waals surface area (Å²) in [7, 11) is 1.65. The van der Waals surface area contributed by atoms with Gasteiger partial charge in [0.25, 0.3) is 5.91 Å². The average molecular weight is 480 g/mol. The minimum Gasteiger partial charge on any atom is -0.483 e. The zero-order valence-corrected chi connectivity index (χ0v) is 21.7. The summed E-state index contributed by atoms with van der Waals surface area (Å²) in [4.78, 5) is 26.9. The fraction of sp³-hybridized carbons (Fsp3) is 0.379. The van der Waals surface area contributed by atoms with Crippen LogP contribution in [0.4, 0.5) is 0 Å². The van der Waals surface area contributed by atoms with Crippen molar-refractivity contribution in [2.75, 3.05) is 20.2 Å². The molecule has 1 amide bonds. The average Bonchev–Trinajstić information content (AvgIpc) is 2.83. The molecular weight excluding hydrogens is 442 g/mol. The van der Waals surface area contributed by atoms with Crippen LogP contribution < -0.4 is 0 Å². The van der Waals surface area contributed by atoms with Crippen LogP contribution in [0.2, 0.25) is 0 Å². The predicted molar refractivity (Wildman–Crippen MR) is 138 cm³/mol. The number of likely N-dealkylation sites (N-methyl/N-ethyl adjacent to an activating group) is 1. The fourth-order valence-electron chi connectivity index (χ4n) is 3.60. The number of ether oxygens (including phenoxy) is 3. The Morgan fingerprint density at radius 1 is 0.943 bits per heavy atom. The van der Waals surface area contributed by atoms with Crippen molar-refractivity contribution >= 4 is 17.6 Å². The molecule has 0 aliphatic heterocycles. The molecule has 0 aromatic heterocycles. The molecule has 0 bridgehead atoms. The first-order valence-corrected chi connectivity index (χ1v) is 11.8. The number of esters is 1. The fourth-order valence-corrected chi connectivity index (χ4v) is 3.60. The molecule has 0 radical (unpaired) electrons. The summed E-state index contributed by atoms with van der Waals surface area (Å²) in [5, 5.41) is 0. The summed E-state index contributed by atoms with van der Waals surface area (Å²) in [6, 6.07) is 17.4. The van der Waals surface area contributed by atoms with Gasteiger partial charge in [0.2, 0.25) is 5.60 Å². The highest BCUT2D eigenvalue weighted by Crippen LogP contribution is 2.32. The van der Waals surface area contributed by atoms with Gasteiger partial charge >= 0.3 is 5.97 Å². The molecule has 0 fully saturated rings. The molecule has 0 N–H and O–H groups in total. The van der Waals surface area contributed by atoms with E-state index < -0.39 is 17.2 Å². The molecule has 0 heterocycles. The van der Waals surface area contributed by atoms with E-state index in [0.29, 0.717) is 12.3 Å². The van der Waals surface area contributed by atoms with Crippen molar-refractivity contribution in [3.8, 4) is 0 Å². The van der Waals surface area contributed by atoms with Gasteiger partial charge in [-0.2, -0.15) is 0 Å². The van der Waals surface area contributed by atoms with E-state index in [-0.39, 0.29) is 24.7 Å². The van der Waals surface area contributed by atoms with Gasteiger partial charge in [-0.3, -0.25) is 4.79 Å². The Bertz CT molecular complexity index is 1060. The van der Waals surface area contributed by atoms with E-state index in [4.69, 9.17) is 14.2 Å². The number of nitrogens with zero attached hydrogens (tertiary/aromatic N) is 1. The number of amides is 1. The predicted octanol–water partition coefficient (Wildman–Crippen LogP) is 5.48. The molecule has 2 aromatic rings. The van der Waals surface area contributed by atoms with Crippen LogP contribution in [0.25, 0.3) is 5.76 Å². The second kappa shape index (κ2) is 11.7. The second-order valence-electron chi connectivity index (χ2n) is 9.07. The molecule has 1 atom stereocenters. The van der Waals surface area contributed by atoms with Crippen molar-refractivity contribution in [1.29, 1.82) is 0 Å². The number of hydrogen-bond donors (Lipinski definition) is 0. The number of benzene rings is 2. The van der Waals surface area contributed by atoms with E-state index in [1.165, 1.54) is 4.90 Å². The van der Waals surface area contributed by atoms with Gasteiger partial charge in [-0.15, -0.1) is 0 Å². The quantitative estimate of drug-likeness (QED) is 0.229. The highest BCUT2D eigenvalue weighted by molar-refractivity contribution is 5.91. The molecule has 6 nitrogen and oxygen atoms in total. The number of carbonyl (C=O) groups excluding carboxylic acids is 2. The summed E-state index contributed by atoms with van der Waals surface area (Å²) in [5.41, 5.74) is 0.505. The van der Waals surface area contributed by atoms with E-state index in [1.54, 1.807) is 20.9 Å². The molecule has 35 heavy (non-hydrogen) atoms. The summed E-state index contributed by atoms with van der Waals surface area (Å²) in [6.07, 6.45) is 0.178. The van der Waals surface area contributed by atoms with Crippen molar-refractivity contribution < 1.29 is 23.8 Å². The Kier molecular flexibility index (Phi) is 9.29. The van der Waals surface area contributed by atoms with Gasteiger partial charge in [-0.05, 0) is 45.7 Å². The minimum atomic E-state index is -1.44. The van der Waals surface area contributed by atoms with Crippen LogP contribution in [-0.2, 0) is 35.8 Å². The van der Waals surface area contributed by atoms with Crippen LogP contribution in [0.15, 0.2) is 73.5 Å². The van der Waals surface area contributed by atoms with Crippen LogP contribution in [-0.4, -0.2) is 42.6 Å². The lowest BCUT2D eigenvalue weighted by molar-refractivity contribution is -0.166. The van der Waals surface area contributed by atoms with Gasteiger partial charge in [0.15, 0.2) is 5.76 Å². The van der Waals surface area contributed by atoms with E-state index in [2.05, 4.69) is 13.2 Å². The molecular formula is C29H37NO5. The number of hydrogen-bond acceptors (Lipinski definition) is 5. The molecule has 0 aliphatic rings. The van der Waals surface area contributed by atoms with Gasteiger partial charge in [0.1, 0.15) is 11.4 Å². The van der Waals surface area contributed by atoms with E-state index >= 15 is 0 Å². The van der Waals surface area contributed by atoms with Crippen LogP contribution in [0.1, 0.15) is 51.3 Å². The minimum absolute atomic E-state index is 0.108. The first-order valence-electron chi connectivity index (χ1n) is 11.8. The third kappa shape index (κ3) is 7.22. The molecule has 0 saturated heterocycles. The van der Waals surface area contributed by atoms with Crippen molar-refractivity contribution in [2.45, 2.75) is 52.2 Å². The zero-order valence-electron chi connectivity index (χ0n) is 21.7. The van der Waals surface area contributed by atoms with Gasteiger partial charge in [-0.1, -0.05) is 67.8 Å². The van der Waals surface area contributed by atoms with Crippen LogP contribution in [0, 0.1) is 0 Å². The van der Waals surface area contributed by atoms with Crippen LogP contribution in [0.5, 0.6) is 0 Å². The lowest BCUT2D eigenvalue weighted by atomic mass is 9.91. The van der Waals surface area contributed by atoms with Crippen molar-refractivity contribution in [1.82, 2.24) is 4.90 Å². The maximum atomic E-state index is 12.9. The SMILES string of the molecule is C=C(OC(C)(Cc1cccc(C(C)(C)OC(=C)c2ccccc2)c1)C(=O)OCC)C(=O)N(C)CC. The van der Waals surface area contributed by atoms with Gasteiger partial charge in [0, 0.05) is 25.6 Å². The Labute approximate surface area is 209 Å². The molecule has 2 aromatic carbocycles. The van der Waals surface area contributed by atoms with Crippen molar-refractivity contribution in [3.63, 3.8) is 0 Å². The second-order valence-corrected chi connectivity index (χ2v) is 9.07. The summed E-state index contributed by atoms with van der Waals surface area (Å²) < 4.78 is 17.4. The first kappa shape index (κ1) is 27.7. The summed E-state index contributed by atoms with van der Waals surface area (Å²) in [6.45, 7) is 17.6. The number of rotatable bonds is 12. The molecule has 0 spiro atoms. The molecule has 6 heteroatoms. The van der Waals surface area contributed by atoms with Gasteiger partial charge < -0.3 is 19.1 Å². The largest absolute Gasteiger partial charge is 0.483 e. The monoisotopic (exact) mass is 479 g/mol. The van der Waals surface area contributed by atoms with E-state index in [0.717, 1.165) is 16.7 Å². The molecule has 188 valence electrons. The lowest BCUT2D eigenvalue weighted by Crippen LogP contribution is -2.44. The van der Waals surface area contributed by atoms with Crippen molar-refractivity contribution in [2.24, 2.45) is 0 Å². The molecule has 0 saturated carbocycles. The maximum absolute atomic E-state index is 12.9. The zero-order chi connectivity index (χ0) is 26.2. The lowest BCUT2D eigenvalue weighted by Gasteiger charge is -2.31. The normalized spacial score (nSPS) is 12.7. The third-order valence-electron chi connectivity index (χ3n) is 5.75. The Balaban J connectivity index is 2.29. The first-order chi connectivity index (χ1) is 16.4. The highest BCUT2D eigenvalue weighted by atomic mass is 16.6. The standard InChI is InChI=1S/C29H37NO5/c1-9-30(8)26(31)22(4)35-29(7,27(32)33-10-2)20-23-15-14-18-25(19-23)28(5,6)34-21(3)24-16-12-11-13-17-24/h11-19H,3-4,9-10,20H2,1-2,5-8H3. The van der Waals surface area contributed by atoms with Gasteiger partial charge in [-0.25, -0.2) is 4.79 Å². The molecule has 2 rings (SSSR count). The Hall–Kier alpha value is -3.54. The topological polar surface area (TPSA) is 65.1 Å². The van der Waals surface area contributed by atoms with Crippen LogP contribution >= 0.6 is 0 Å². The molecule has 1 unspecified atom stereocenters. The third-order valence-corrected chi connectivity index (χ3v) is 5.75. The van der Waals surface area contributed by atoms with E-state index in [9.17, 15) is 9.59 Å². The molecule has 0 aliphatic carbocycles. The summed E-state index contributed by atoms with van der Waals surface area (Å²) >= 11 is 0. The van der Waals surface area contributed by atoms with Crippen LogP contribution in [0.3, 0.4) is 0 Å². The highest BCUT2D eigenvalue weighted by Gasteiger charge is 2.39. The van der Waals surface area contributed by atoms with E-state index in [1.807, 2.05) is 75.4 Å².